The number of rotatable bonds is 17. The van der Waals surface area contributed by atoms with Crippen molar-refractivity contribution in [2.45, 2.75) is 90.4 Å². The first-order chi connectivity index (χ1) is 11.5. The molecule has 0 spiro atoms. The van der Waals surface area contributed by atoms with Gasteiger partial charge in [0.25, 0.3) is 0 Å². The van der Waals surface area contributed by atoms with Crippen molar-refractivity contribution in [3.8, 4) is 0 Å². The summed E-state index contributed by atoms with van der Waals surface area (Å²) in [4.78, 5) is 10.3. The van der Waals surface area contributed by atoms with Gasteiger partial charge in [-0.3, -0.25) is 4.79 Å². The minimum Gasteiger partial charge on any atom is -0.480 e. The summed E-state index contributed by atoms with van der Waals surface area (Å²) in [6.45, 7) is 1.66. The molecule has 2 N–H and O–H groups in total. The molecule has 0 aromatic carbocycles. The van der Waals surface area contributed by atoms with Crippen molar-refractivity contribution in [3.63, 3.8) is 0 Å². The Labute approximate surface area is 148 Å². The third-order valence-corrected chi connectivity index (χ3v) is 5.02. The first kappa shape index (κ1) is 23.1. The van der Waals surface area contributed by atoms with Crippen molar-refractivity contribution in [1.29, 1.82) is 0 Å². The molecular formula is C18H35NO4S. The van der Waals surface area contributed by atoms with Crippen LogP contribution < -0.4 is 4.72 Å². The van der Waals surface area contributed by atoms with Crippen LogP contribution in [0.25, 0.3) is 0 Å². The number of carboxylic acid groups (broad SMARTS) is 1. The van der Waals surface area contributed by atoms with E-state index in [2.05, 4.69) is 6.92 Å². The van der Waals surface area contributed by atoms with E-state index in [0.29, 0.717) is 6.42 Å². The van der Waals surface area contributed by atoms with Crippen LogP contribution in [-0.4, -0.2) is 26.0 Å². The minimum absolute atomic E-state index is 0.578. The van der Waals surface area contributed by atoms with Crippen LogP contribution in [0.3, 0.4) is 0 Å². The minimum atomic E-state index is -3.60. The molecule has 0 aliphatic rings. The molecule has 0 fully saturated rings. The molecule has 142 valence electrons. The van der Waals surface area contributed by atoms with E-state index < -0.39 is 22.5 Å². The van der Waals surface area contributed by atoms with E-state index in [1.807, 2.05) is 4.72 Å². The molecule has 0 aromatic rings. The van der Waals surface area contributed by atoms with Gasteiger partial charge in [0.2, 0.25) is 10.0 Å². The lowest BCUT2D eigenvalue weighted by molar-refractivity contribution is -0.135. The number of carboxylic acids is 1. The van der Waals surface area contributed by atoms with Crippen molar-refractivity contribution in [1.82, 2.24) is 4.72 Å². The predicted octanol–water partition coefficient (Wildman–Crippen LogP) is 4.60. The average Bonchev–Trinajstić information content (AvgIpc) is 2.53. The lowest BCUT2D eigenvalue weighted by Gasteiger charge is -2.02. The Morgan fingerprint density at radius 2 is 1.33 bits per heavy atom. The lowest BCUT2D eigenvalue weighted by Crippen LogP contribution is -2.27. The smallest absolute Gasteiger partial charge is 0.318 e. The van der Waals surface area contributed by atoms with E-state index in [9.17, 15) is 13.2 Å². The van der Waals surface area contributed by atoms with Gasteiger partial charge in [-0.2, -0.15) is 0 Å². The number of sulfonamides is 1. The van der Waals surface area contributed by atoms with Gasteiger partial charge < -0.3 is 5.11 Å². The van der Waals surface area contributed by atoms with Crippen LogP contribution in [0.15, 0.2) is 11.5 Å². The summed E-state index contributed by atoms with van der Waals surface area (Å²) in [7, 11) is -3.60. The SMILES string of the molecule is CCCCCCCCCCCCCC/C=C/S(=O)(=O)NCC(=O)O. The second-order valence-electron chi connectivity index (χ2n) is 6.31. The Hall–Kier alpha value is -0.880. The molecule has 0 saturated heterocycles. The Kier molecular flexibility index (Phi) is 15.1. The highest BCUT2D eigenvalue weighted by molar-refractivity contribution is 7.92. The topological polar surface area (TPSA) is 83.5 Å². The third kappa shape index (κ3) is 17.5. The summed E-state index contributed by atoms with van der Waals surface area (Å²) in [5.74, 6) is -1.19. The van der Waals surface area contributed by atoms with Gasteiger partial charge in [-0.05, 0) is 12.8 Å². The van der Waals surface area contributed by atoms with Gasteiger partial charge in [-0.25, -0.2) is 13.1 Å². The fourth-order valence-electron chi connectivity index (χ4n) is 2.51. The van der Waals surface area contributed by atoms with E-state index in [-0.39, 0.29) is 0 Å². The fraction of sp³-hybridized carbons (Fsp3) is 0.833. The predicted molar refractivity (Wildman–Crippen MR) is 99.4 cm³/mol. The third-order valence-electron chi connectivity index (χ3n) is 3.92. The van der Waals surface area contributed by atoms with E-state index >= 15 is 0 Å². The largest absolute Gasteiger partial charge is 0.480 e. The number of aliphatic carboxylic acids is 1. The maximum Gasteiger partial charge on any atom is 0.318 e. The van der Waals surface area contributed by atoms with Gasteiger partial charge in [-0.1, -0.05) is 83.6 Å². The highest BCUT2D eigenvalue weighted by atomic mass is 32.2. The average molecular weight is 362 g/mol. The van der Waals surface area contributed by atoms with Crippen molar-refractivity contribution in [2.24, 2.45) is 0 Å². The second-order valence-corrected chi connectivity index (χ2v) is 7.96. The highest BCUT2D eigenvalue weighted by Crippen LogP contribution is 2.12. The van der Waals surface area contributed by atoms with Crippen LogP contribution in [0.1, 0.15) is 90.4 Å². The van der Waals surface area contributed by atoms with E-state index in [0.717, 1.165) is 18.2 Å². The summed E-state index contributed by atoms with van der Waals surface area (Å²) in [6, 6.07) is 0. The zero-order chi connectivity index (χ0) is 18.1. The Balaban J connectivity index is 3.38. The van der Waals surface area contributed by atoms with Crippen LogP contribution in [0.2, 0.25) is 0 Å². The van der Waals surface area contributed by atoms with Crippen LogP contribution in [0.5, 0.6) is 0 Å². The van der Waals surface area contributed by atoms with Crippen LogP contribution in [0.4, 0.5) is 0 Å². The summed E-state index contributed by atoms with van der Waals surface area (Å²) in [5, 5.41) is 9.48. The van der Waals surface area contributed by atoms with Gasteiger partial charge >= 0.3 is 5.97 Å². The molecule has 0 aliphatic heterocycles. The van der Waals surface area contributed by atoms with Gasteiger partial charge in [0, 0.05) is 5.41 Å². The Bertz CT molecular complexity index is 432. The monoisotopic (exact) mass is 361 g/mol. The van der Waals surface area contributed by atoms with Gasteiger partial charge in [0.1, 0.15) is 6.54 Å². The lowest BCUT2D eigenvalue weighted by atomic mass is 10.0. The highest BCUT2D eigenvalue weighted by Gasteiger charge is 2.06. The van der Waals surface area contributed by atoms with Crippen LogP contribution >= 0.6 is 0 Å². The normalized spacial score (nSPS) is 12.0. The zero-order valence-electron chi connectivity index (χ0n) is 15.1. The van der Waals surface area contributed by atoms with E-state index in [1.54, 1.807) is 6.08 Å². The number of nitrogens with one attached hydrogen (secondary N) is 1. The molecule has 24 heavy (non-hydrogen) atoms. The second kappa shape index (κ2) is 15.6. The van der Waals surface area contributed by atoms with Crippen molar-refractivity contribution in [3.05, 3.63) is 11.5 Å². The molecule has 0 radical (unpaired) electrons. The summed E-state index contributed by atoms with van der Waals surface area (Å²) < 4.78 is 24.8. The first-order valence-corrected chi connectivity index (χ1v) is 10.9. The van der Waals surface area contributed by atoms with Gasteiger partial charge in [0.05, 0.1) is 0 Å². The summed E-state index contributed by atoms with van der Waals surface area (Å²) in [6.07, 6.45) is 17.7. The van der Waals surface area contributed by atoms with Crippen molar-refractivity contribution >= 4 is 16.0 Å². The van der Waals surface area contributed by atoms with Crippen molar-refractivity contribution < 1.29 is 18.3 Å². The molecule has 0 rings (SSSR count). The molecule has 0 heterocycles. The standard InChI is InChI=1S/C18H35NO4S/c1-2-3-4-5-6-7-8-9-10-11-12-13-14-15-16-24(22,23)19-17-18(20)21/h15-16,19H,2-14,17H2,1H3,(H,20,21)/b16-15+. The number of unbranched alkanes of at least 4 members (excludes halogenated alkanes) is 12. The van der Waals surface area contributed by atoms with Gasteiger partial charge in [-0.15, -0.1) is 0 Å². The molecule has 0 atom stereocenters. The van der Waals surface area contributed by atoms with Crippen LogP contribution in [-0.2, 0) is 14.8 Å². The molecule has 0 unspecified atom stereocenters. The Morgan fingerprint density at radius 3 is 1.79 bits per heavy atom. The molecule has 0 saturated carbocycles. The van der Waals surface area contributed by atoms with Crippen molar-refractivity contribution in [2.75, 3.05) is 6.54 Å². The molecule has 5 nitrogen and oxygen atoms in total. The number of hydrogen-bond donors (Lipinski definition) is 2. The number of hydrogen-bond acceptors (Lipinski definition) is 3. The quantitative estimate of drug-likeness (QED) is 0.371. The molecule has 0 aliphatic carbocycles. The molecule has 6 heteroatoms. The number of allylic oxidation sites excluding steroid dienone is 1. The summed E-state index contributed by atoms with van der Waals surface area (Å²) >= 11 is 0. The molecule has 0 aromatic heterocycles. The Morgan fingerprint density at radius 1 is 0.875 bits per heavy atom. The fourth-order valence-corrected chi connectivity index (χ4v) is 3.32. The summed E-state index contributed by atoms with van der Waals surface area (Å²) in [5.41, 5.74) is 0. The molecular weight excluding hydrogens is 326 g/mol. The first-order valence-electron chi connectivity index (χ1n) is 9.36. The molecule has 0 amide bonds. The zero-order valence-corrected chi connectivity index (χ0v) is 16.0. The van der Waals surface area contributed by atoms with E-state index in [1.165, 1.54) is 64.2 Å². The number of carbonyl (C=O) groups is 1. The van der Waals surface area contributed by atoms with Crippen LogP contribution in [0, 0.1) is 0 Å². The molecule has 0 bridgehead atoms. The maximum absolute atomic E-state index is 11.4. The maximum atomic E-state index is 11.4. The van der Waals surface area contributed by atoms with Gasteiger partial charge in [0.15, 0.2) is 0 Å². The van der Waals surface area contributed by atoms with E-state index in [4.69, 9.17) is 5.11 Å².